The molecule has 0 saturated heterocycles. The molecule has 0 aromatic rings. The normalized spacial score (nSPS) is 42.9. The van der Waals surface area contributed by atoms with Gasteiger partial charge >= 0.3 is 17.9 Å². The van der Waals surface area contributed by atoms with Crippen molar-refractivity contribution >= 4 is 23.7 Å². The molecule has 2 fully saturated rings. The number of hydrogen-bond donors (Lipinski definition) is 2. The molecule has 4 rings (SSSR count). The Morgan fingerprint density at radius 3 is 2.23 bits per heavy atom. The lowest BCUT2D eigenvalue weighted by atomic mass is 9.59. The van der Waals surface area contributed by atoms with Crippen LogP contribution in [0.5, 0.6) is 0 Å². The second kappa shape index (κ2) is 7.74. The highest BCUT2D eigenvalue weighted by Gasteiger charge is 2.87. The first kappa shape index (κ1) is 25.6. The summed E-state index contributed by atoms with van der Waals surface area (Å²) in [5.74, 6) is -5.20. The number of carbonyl (C=O) groups excluding carboxylic acids is 4. The molecule has 0 aromatic carbocycles. The van der Waals surface area contributed by atoms with Crippen molar-refractivity contribution < 1.29 is 43.6 Å². The largest absolute Gasteiger partial charge is 0.461 e. The van der Waals surface area contributed by atoms with E-state index in [0.717, 1.165) is 0 Å². The highest BCUT2D eigenvalue weighted by molar-refractivity contribution is 6.04. The van der Waals surface area contributed by atoms with Crippen LogP contribution in [0.3, 0.4) is 0 Å². The maximum Gasteiger partial charge on any atom is 0.303 e. The number of hydrogen-bond acceptors (Lipinski definition) is 9. The number of carbonyl (C=O) groups is 4. The van der Waals surface area contributed by atoms with Crippen LogP contribution >= 0.6 is 0 Å². The van der Waals surface area contributed by atoms with Crippen LogP contribution in [0.25, 0.3) is 0 Å². The Hall–Kier alpha value is -2.52. The van der Waals surface area contributed by atoms with Gasteiger partial charge in [-0.1, -0.05) is 32.9 Å². The molecule has 8 atom stereocenters. The monoisotopic (exact) mass is 490 g/mol. The first-order valence-electron chi connectivity index (χ1n) is 11.9. The molecule has 0 amide bonds. The van der Waals surface area contributed by atoms with Gasteiger partial charge in [-0.2, -0.15) is 0 Å². The molecule has 192 valence electrons. The smallest absolute Gasteiger partial charge is 0.303 e. The Morgan fingerprint density at radius 1 is 1.06 bits per heavy atom. The predicted octanol–water partition coefficient (Wildman–Crippen LogP) is 1.64. The average Bonchev–Trinajstić information content (AvgIpc) is 3.15. The molecule has 2 saturated carbocycles. The summed E-state index contributed by atoms with van der Waals surface area (Å²) in [5, 5.41) is 24.3. The maximum absolute atomic E-state index is 13.2. The molecule has 0 radical (unpaired) electrons. The minimum absolute atomic E-state index is 0.130. The van der Waals surface area contributed by atoms with Crippen LogP contribution in [0.1, 0.15) is 54.9 Å². The van der Waals surface area contributed by atoms with E-state index in [2.05, 4.69) is 0 Å². The van der Waals surface area contributed by atoms with Crippen LogP contribution in [0.4, 0.5) is 0 Å². The number of fused-ring (bicyclic) bond motifs is 5. The van der Waals surface area contributed by atoms with Crippen LogP contribution in [0.15, 0.2) is 23.3 Å². The van der Waals surface area contributed by atoms with Gasteiger partial charge in [0.1, 0.15) is 18.3 Å². The molecule has 4 aliphatic carbocycles. The molecule has 9 heteroatoms. The summed E-state index contributed by atoms with van der Waals surface area (Å²) < 4.78 is 16.9. The van der Waals surface area contributed by atoms with Gasteiger partial charge in [-0.25, -0.2) is 0 Å². The first-order valence-corrected chi connectivity index (χ1v) is 11.9. The second-order valence-electron chi connectivity index (χ2n) is 11.2. The lowest BCUT2D eigenvalue weighted by Gasteiger charge is -2.53. The number of aliphatic hydroxyl groups is 2. The molecule has 4 aliphatic rings. The van der Waals surface area contributed by atoms with Crippen LogP contribution in [0.2, 0.25) is 0 Å². The molecular formula is C26H34O9. The zero-order chi connectivity index (χ0) is 26.3. The van der Waals surface area contributed by atoms with Crippen molar-refractivity contribution in [2.45, 2.75) is 77.8 Å². The summed E-state index contributed by atoms with van der Waals surface area (Å²) in [6, 6.07) is 0. The summed E-state index contributed by atoms with van der Waals surface area (Å²) >= 11 is 0. The molecule has 35 heavy (non-hydrogen) atoms. The van der Waals surface area contributed by atoms with Gasteiger partial charge in [0.2, 0.25) is 0 Å². The molecule has 2 N–H and O–H groups in total. The molecule has 0 bridgehead atoms. The third-order valence-electron chi connectivity index (χ3n) is 8.82. The van der Waals surface area contributed by atoms with Gasteiger partial charge in [-0.15, -0.1) is 0 Å². The van der Waals surface area contributed by atoms with Gasteiger partial charge in [0.15, 0.2) is 11.4 Å². The Morgan fingerprint density at radius 2 is 1.69 bits per heavy atom. The quantitative estimate of drug-likeness (QED) is 0.342. The van der Waals surface area contributed by atoms with Crippen molar-refractivity contribution in [3.05, 3.63) is 23.3 Å². The standard InChI is InChI=1S/C26H34O9/c1-12-8-19-24(31,21(12)30)10-17(11-33-14(3)27)9-18-20-23(6,7)26(20,35-16(5)29)22(34-15(4)28)13(2)25(18,19)32/h8-9,13,18-20,22,31-32H,10-11H2,1-7H3/t13-,18-,19+,20+,22-,24-,25+,26-/m1/s1. The van der Waals surface area contributed by atoms with Gasteiger partial charge in [-0.05, 0) is 18.1 Å². The number of ketones is 1. The SMILES string of the molecule is CC(=O)OCC1=C[C@@H]2[C@H]3C(C)(C)[C@]3(OC(C)=O)[C@H](OC(C)=O)[C@@H](C)[C@@]2(O)[C@H]2C=C(C)C(=O)[C@@]2(O)C1. The average molecular weight is 491 g/mol. The summed E-state index contributed by atoms with van der Waals surface area (Å²) in [5.41, 5.74) is -4.82. The molecule has 0 aromatic heterocycles. The van der Waals surface area contributed by atoms with Crippen LogP contribution in [-0.2, 0) is 33.4 Å². The van der Waals surface area contributed by atoms with E-state index in [1.807, 2.05) is 13.8 Å². The van der Waals surface area contributed by atoms with E-state index in [4.69, 9.17) is 14.2 Å². The van der Waals surface area contributed by atoms with E-state index in [-0.39, 0.29) is 13.0 Å². The fraction of sp³-hybridized carbons (Fsp3) is 0.692. The van der Waals surface area contributed by atoms with E-state index in [1.54, 1.807) is 26.0 Å². The minimum atomic E-state index is -1.96. The predicted molar refractivity (Wildman–Crippen MR) is 121 cm³/mol. The lowest BCUT2D eigenvalue weighted by Crippen LogP contribution is -2.66. The van der Waals surface area contributed by atoms with Crippen LogP contribution < -0.4 is 0 Å². The fourth-order valence-electron chi connectivity index (χ4n) is 7.43. The van der Waals surface area contributed by atoms with Crippen LogP contribution in [0, 0.1) is 29.1 Å². The number of Topliss-reactive ketones (excluding diaryl/α,β-unsaturated/α-hetero) is 1. The zero-order valence-corrected chi connectivity index (χ0v) is 21.2. The van der Waals surface area contributed by atoms with Crippen molar-refractivity contribution in [2.75, 3.05) is 6.61 Å². The van der Waals surface area contributed by atoms with Crippen molar-refractivity contribution in [1.82, 2.24) is 0 Å². The van der Waals surface area contributed by atoms with E-state index >= 15 is 0 Å². The minimum Gasteiger partial charge on any atom is -0.461 e. The fourth-order valence-corrected chi connectivity index (χ4v) is 7.43. The zero-order valence-electron chi connectivity index (χ0n) is 21.2. The summed E-state index contributed by atoms with van der Waals surface area (Å²) in [6.45, 7) is 10.7. The van der Waals surface area contributed by atoms with Crippen molar-refractivity contribution in [1.29, 1.82) is 0 Å². The van der Waals surface area contributed by atoms with Gasteiger partial charge in [0.25, 0.3) is 0 Å². The third kappa shape index (κ3) is 3.27. The van der Waals surface area contributed by atoms with Gasteiger partial charge in [0, 0.05) is 56.3 Å². The molecule has 0 unspecified atom stereocenters. The van der Waals surface area contributed by atoms with E-state index in [1.165, 1.54) is 20.8 Å². The molecule has 0 spiro atoms. The van der Waals surface area contributed by atoms with Crippen LogP contribution in [-0.4, -0.2) is 63.4 Å². The van der Waals surface area contributed by atoms with Crippen molar-refractivity contribution in [3.63, 3.8) is 0 Å². The maximum atomic E-state index is 13.2. The number of rotatable bonds is 4. The van der Waals surface area contributed by atoms with Crippen molar-refractivity contribution in [3.8, 4) is 0 Å². The Bertz CT molecular complexity index is 1070. The molecular weight excluding hydrogens is 456 g/mol. The summed E-state index contributed by atoms with van der Waals surface area (Å²) in [7, 11) is 0. The Kier molecular flexibility index (Phi) is 5.65. The molecule has 0 heterocycles. The highest BCUT2D eigenvalue weighted by atomic mass is 16.6. The topological polar surface area (TPSA) is 136 Å². The van der Waals surface area contributed by atoms with Gasteiger partial charge in [0.05, 0.1) is 5.60 Å². The Labute approximate surface area is 204 Å². The number of ether oxygens (including phenoxy) is 3. The van der Waals surface area contributed by atoms with Gasteiger partial charge in [-0.3, -0.25) is 19.2 Å². The molecule has 0 aliphatic heterocycles. The highest BCUT2D eigenvalue weighted by Crippen LogP contribution is 2.77. The summed E-state index contributed by atoms with van der Waals surface area (Å²) in [6.07, 6.45) is 2.21. The third-order valence-corrected chi connectivity index (χ3v) is 8.82. The van der Waals surface area contributed by atoms with Gasteiger partial charge < -0.3 is 24.4 Å². The summed E-state index contributed by atoms with van der Waals surface area (Å²) in [4.78, 5) is 49.1. The van der Waals surface area contributed by atoms with Crippen molar-refractivity contribution in [2.24, 2.45) is 29.1 Å². The lowest BCUT2D eigenvalue weighted by molar-refractivity contribution is -0.227. The second-order valence-corrected chi connectivity index (χ2v) is 11.2. The Balaban J connectivity index is 1.95. The van der Waals surface area contributed by atoms with E-state index in [9.17, 15) is 29.4 Å². The number of esters is 3. The van der Waals surface area contributed by atoms with E-state index in [0.29, 0.717) is 11.1 Å². The van der Waals surface area contributed by atoms with E-state index < -0.39 is 75.7 Å². The molecule has 9 nitrogen and oxygen atoms in total. The first-order chi connectivity index (χ1) is 16.0.